The molecule has 1 N–H and O–H groups in total. The number of ether oxygens (including phenoxy) is 1. The van der Waals surface area contributed by atoms with E-state index < -0.39 is 19.0 Å². The molecule has 6 heteroatoms. The number of thiophene rings is 1. The van der Waals surface area contributed by atoms with Crippen molar-refractivity contribution in [1.29, 1.82) is 0 Å². The van der Waals surface area contributed by atoms with E-state index in [4.69, 9.17) is 9.84 Å². The monoisotopic (exact) mass is 248 g/mol. The van der Waals surface area contributed by atoms with Crippen molar-refractivity contribution in [3.8, 4) is 0 Å². The highest BCUT2D eigenvalue weighted by Crippen LogP contribution is 2.19. The fourth-order valence-corrected chi connectivity index (χ4v) is 1.82. The molecule has 88 valence electrons. The van der Waals surface area contributed by atoms with Crippen molar-refractivity contribution in [2.24, 2.45) is 0 Å². The molecule has 0 amide bonds. The summed E-state index contributed by atoms with van der Waals surface area (Å²) in [6.07, 6.45) is -0.0727. The highest BCUT2D eigenvalue weighted by Gasteiger charge is 2.05. The third kappa shape index (κ3) is 4.50. The zero-order valence-corrected chi connectivity index (χ0v) is 9.05. The van der Waals surface area contributed by atoms with Crippen LogP contribution in [0, 0.1) is 0 Å². The highest BCUT2D eigenvalue weighted by molar-refractivity contribution is 7.10. The molecule has 0 aliphatic carbocycles. The summed E-state index contributed by atoms with van der Waals surface area (Å²) in [4.78, 5) is 11.0. The first kappa shape index (κ1) is 12.8. The summed E-state index contributed by atoms with van der Waals surface area (Å²) in [6, 6.07) is 1.71. The molecule has 0 fully saturated rings. The molecule has 1 heterocycles. The fraction of sp³-hybridized carbons (Fsp3) is 0.300. The zero-order valence-electron chi connectivity index (χ0n) is 8.23. The summed E-state index contributed by atoms with van der Waals surface area (Å²) < 4.78 is 28.4. The van der Waals surface area contributed by atoms with Gasteiger partial charge in [-0.2, -0.15) is 0 Å². The van der Waals surface area contributed by atoms with E-state index in [9.17, 15) is 13.6 Å². The largest absolute Gasteiger partial charge is 0.478 e. The Morgan fingerprint density at radius 1 is 1.62 bits per heavy atom. The van der Waals surface area contributed by atoms with E-state index >= 15 is 0 Å². The molecule has 0 aliphatic rings. The van der Waals surface area contributed by atoms with E-state index in [0.717, 1.165) is 11.0 Å². The summed E-state index contributed by atoms with van der Waals surface area (Å²) in [5.41, 5.74) is 0.682. The summed E-state index contributed by atoms with van der Waals surface area (Å²) in [7, 11) is 0. The van der Waals surface area contributed by atoms with Crippen LogP contribution >= 0.6 is 11.3 Å². The molecule has 0 aliphatic heterocycles. The quantitative estimate of drug-likeness (QED) is 0.787. The van der Waals surface area contributed by atoms with Gasteiger partial charge in [-0.25, -0.2) is 13.6 Å². The number of halogens is 2. The number of alkyl halides is 2. The average Bonchev–Trinajstić information content (AvgIpc) is 2.62. The molecule has 0 saturated heterocycles. The number of carbonyl (C=O) groups is 1. The predicted molar refractivity (Wildman–Crippen MR) is 56.6 cm³/mol. The molecule has 3 nitrogen and oxygen atoms in total. The smallest absolute Gasteiger partial charge is 0.328 e. The SMILES string of the molecule is O=C(O)/C=C/c1ccsc1COCC(F)F. The van der Waals surface area contributed by atoms with Gasteiger partial charge in [0.1, 0.15) is 6.61 Å². The van der Waals surface area contributed by atoms with Crippen molar-refractivity contribution in [3.63, 3.8) is 0 Å². The Morgan fingerprint density at radius 3 is 3.00 bits per heavy atom. The van der Waals surface area contributed by atoms with Crippen molar-refractivity contribution in [1.82, 2.24) is 0 Å². The molecule has 0 unspecified atom stereocenters. The summed E-state index contributed by atoms with van der Waals surface area (Å²) in [5.74, 6) is -1.05. The van der Waals surface area contributed by atoms with E-state index in [2.05, 4.69) is 0 Å². The number of carboxylic acids is 1. The molecule has 1 rings (SSSR count). The van der Waals surface area contributed by atoms with Gasteiger partial charge in [0.2, 0.25) is 0 Å². The minimum atomic E-state index is -2.49. The van der Waals surface area contributed by atoms with Gasteiger partial charge in [0.15, 0.2) is 0 Å². The Bertz CT molecular complexity index is 374. The molecule has 0 radical (unpaired) electrons. The van der Waals surface area contributed by atoms with Gasteiger partial charge in [-0.05, 0) is 23.1 Å². The fourth-order valence-electron chi connectivity index (χ4n) is 1.02. The molecule has 16 heavy (non-hydrogen) atoms. The molecule has 0 aromatic carbocycles. The van der Waals surface area contributed by atoms with Gasteiger partial charge in [-0.15, -0.1) is 11.3 Å². The highest BCUT2D eigenvalue weighted by atomic mass is 32.1. The maximum absolute atomic E-state index is 11.8. The van der Waals surface area contributed by atoms with E-state index in [-0.39, 0.29) is 6.61 Å². The van der Waals surface area contributed by atoms with Gasteiger partial charge in [0.25, 0.3) is 6.43 Å². The van der Waals surface area contributed by atoms with Crippen LogP contribution in [-0.4, -0.2) is 24.1 Å². The van der Waals surface area contributed by atoms with Gasteiger partial charge in [-0.3, -0.25) is 0 Å². The topological polar surface area (TPSA) is 46.5 Å². The third-order valence-corrected chi connectivity index (χ3v) is 2.57. The van der Waals surface area contributed by atoms with Crippen molar-refractivity contribution in [3.05, 3.63) is 28.0 Å². The molecule has 0 atom stereocenters. The molecular formula is C10H10F2O3S. The number of aliphatic carboxylic acids is 1. The molecule has 0 spiro atoms. The Balaban J connectivity index is 2.53. The van der Waals surface area contributed by atoms with Crippen LogP contribution < -0.4 is 0 Å². The lowest BCUT2D eigenvalue weighted by Gasteiger charge is -2.02. The van der Waals surface area contributed by atoms with Crippen molar-refractivity contribution in [2.75, 3.05) is 6.61 Å². The van der Waals surface area contributed by atoms with Gasteiger partial charge < -0.3 is 9.84 Å². The van der Waals surface area contributed by atoms with Crippen LogP contribution in [0.15, 0.2) is 17.5 Å². The van der Waals surface area contributed by atoms with Gasteiger partial charge in [0.05, 0.1) is 6.61 Å². The first-order chi connectivity index (χ1) is 7.59. The second kappa shape index (κ2) is 6.34. The molecular weight excluding hydrogens is 238 g/mol. The maximum atomic E-state index is 11.8. The van der Waals surface area contributed by atoms with E-state index in [1.54, 1.807) is 11.4 Å². The standard InChI is InChI=1S/C10H10F2O3S/c11-9(12)6-15-5-8-7(3-4-16-8)1-2-10(13)14/h1-4,9H,5-6H2,(H,13,14)/b2-1+. The lowest BCUT2D eigenvalue weighted by molar-refractivity contribution is -0.131. The van der Waals surface area contributed by atoms with Crippen molar-refractivity contribution < 1.29 is 23.4 Å². The number of hydrogen-bond acceptors (Lipinski definition) is 3. The van der Waals surface area contributed by atoms with Crippen LogP contribution in [0.25, 0.3) is 6.08 Å². The van der Waals surface area contributed by atoms with Crippen LogP contribution in [0.2, 0.25) is 0 Å². The minimum absolute atomic E-state index is 0.0707. The average molecular weight is 248 g/mol. The van der Waals surface area contributed by atoms with Gasteiger partial charge in [0, 0.05) is 11.0 Å². The maximum Gasteiger partial charge on any atom is 0.328 e. The Morgan fingerprint density at radius 2 is 2.38 bits per heavy atom. The van der Waals surface area contributed by atoms with E-state index in [1.165, 1.54) is 17.4 Å². The second-order valence-electron chi connectivity index (χ2n) is 2.88. The predicted octanol–water partition coefficient (Wildman–Crippen LogP) is 2.63. The Kier molecular flexibility index (Phi) is 5.07. The molecule has 0 bridgehead atoms. The van der Waals surface area contributed by atoms with Crippen LogP contribution in [0.1, 0.15) is 10.4 Å². The lowest BCUT2D eigenvalue weighted by Crippen LogP contribution is -2.03. The Hall–Kier alpha value is -1.27. The summed E-state index contributed by atoms with van der Waals surface area (Å²) in [5, 5.41) is 10.2. The van der Waals surface area contributed by atoms with Gasteiger partial charge >= 0.3 is 5.97 Å². The lowest BCUT2D eigenvalue weighted by atomic mass is 10.2. The summed E-state index contributed by atoms with van der Waals surface area (Å²) in [6.45, 7) is -0.540. The Labute approximate surface area is 95.0 Å². The molecule has 1 aromatic rings. The van der Waals surface area contributed by atoms with Crippen molar-refractivity contribution >= 4 is 23.4 Å². The second-order valence-corrected chi connectivity index (χ2v) is 3.88. The molecule has 0 saturated carbocycles. The molecule has 1 aromatic heterocycles. The first-order valence-corrected chi connectivity index (χ1v) is 5.31. The normalized spacial score (nSPS) is 11.4. The summed E-state index contributed by atoms with van der Waals surface area (Å²) >= 11 is 1.34. The first-order valence-electron chi connectivity index (χ1n) is 4.43. The number of carboxylic acid groups (broad SMARTS) is 1. The van der Waals surface area contributed by atoms with Crippen LogP contribution in [0.3, 0.4) is 0 Å². The number of rotatable bonds is 6. The van der Waals surface area contributed by atoms with E-state index in [1.807, 2.05) is 0 Å². The minimum Gasteiger partial charge on any atom is -0.478 e. The van der Waals surface area contributed by atoms with Crippen molar-refractivity contribution in [2.45, 2.75) is 13.0 Å². The van der Waals surface area contributed by atoms with Crippen LogP contribution in [0.5, 0.6) is 0 Å². The van der Waals surface area contributed by atoms with Crippen LogP contribution in [0.4, 0.5) is 8.78 Å². The van der Waals surface area contributed by atoms with Crippen LogP contribution in [-0.2, 0) is 16.1 Å². The number of hydrogen-bond donors (Lipinski definition) is 1. The third-order valence-electron chi connectivity index (χ3n) is 1.66. The van der Waals surface area contributed by atoms with Gasteiger partial charge in [-0.1, -0.05) is 0 Å². The van der Waals surface area contributed by atoms with E-state index in [0.29, 0.717) is 5.56 Å². The zero-order chi connectivity index (χ0) is 12.0.